The van der Waals surface area contributed by atoms with Gasteiger partial charge in [-0.2, -0.15) is 0 Å². The van der Waals surface area contributed by atoms with Crippen LogP contribution in [0.3, 0.4) is 0 Å². The molecule has 0 rings (SSSR count). The average Bonchev–Trinajstić information content (AvgIpc) is 2.15. The molecular weight excluding hydrogens is 228 g/mol. The first-order valence-corrected chi connectivity index (χ1v) is 4.96. The minimum Gasteiger partial charge on any atom is -0.480 e. The Morgan fingerprint density at radius 2 is 1.76 bits per heavy atom. The van der Waals surface area contributed by atoms with Crippen molar-refractivity contribution in [2.75, 3.05) is 13.1 Å². The Morgan fingerprint density at radius 1 is 1.29 bits per heavy atom. The first-order chi connectivity index (χ1) is 7.86. The van der Waals surface area contributed by atoms with Gasteiger partial charge in [-0.15, -0.1) is 6.58 Å². The van der Waals surface area contributed by atoms with Crippen molar-refractivity contribution < 1.29 is 24.6 Å². The van der Waals surface area contributed by atoms with Gasteiger partial charge in [0.15, 0.2) is 0 Å². The van der Waals surface area contributed by atoms with Gasteiger partial charge in [0.05, 0.1) is 0 Å². The lowest BCUT2D eigenvalue weighted by Crippen LogP contribution is -2.47. The van der Waals surface area contributed by atoms with Crippen LogP contribution in [0.1, 0.15) is 13.3 Å². The van der Waals surface area contributed by atoms with E-state index in [1.807, 2.05) is 0 Å². The van der Waals surface area contributed by atoms with Gasteiger partial charge in [-0.05, 0) is 13.3 Å². The van der Waals surface area contributed by atoms with Gasteiger partial charge < -0.3 is 20.4 Å². The zero-order chi connectivity index (χ0) is 13.4. The smallest absolute Gasteiger partial charge is 0.323 e. The Labute approximate surface area is 98.7 Å². The van der Waals surface area contributed by atoms with E-state index in [1.165, 1.54) is 0 Å². The van der Waals surface area contributed by atoms with E-state index in [-0.39, 0.29) is 6.04 Å². The highest BCUT2D eigenvalue weighted by Crippen LogP contribution is 1.95. The Balaban J connectivity index is 4.45. The minimum absolute atomic E-state index is 0.231. The number of hydrogen-bond donors (Lipinski definition) is 3. The third-order valence-corrected chi connectivity index (χ3v) is 1.83. The van der Waals surface area contributed by atoms with Crippen molar-refractivity contribution in [2.45, 2.75) is 19.4 Å². The lowest BCUT2D eigenvalue weighted by atomic mass is 10.2. The fourth-order valence-corrected chi connectivity index (χ4v) is 1.14. The fraction of sp³-hybridized carbons (Fsp3) is 0.500. The predicted octanol–water partition coefficient (Wildman–Crippen LogP) is 0.132. The molecule has 0 aliphatic carbocycles. The summed E-state index contributed by atoms with van der Waals surface area (Å²) in [5.41, 5.74) is 0. The van der Waals surface area contributed by atoms with Crippen molar-refractivity contribution in [1.82, 2.24) is 10.2 Å². The molecule has 0 aliphatic heterocycles. The van der Waals surface area contributed by atoms with E-state index < -0.39 is 31.1 Å². The largest absolute Gasteiger partial charge is 0.480 e. The lowest BCUT2D eigenvalue weighted by molar-refractivity contribution is -0.140. The van der Waals surface area contributed by atoms with E-state index in [9.17, 15) is 14.4 Å². The monoisotopic (exact) mass is 244 g/mol. The average molecular weight is 244 g/mol. The maximum atomic E-state index is 11.6. The van der Waals surface area contributed by atoms with Crippen LogP contribution in [-0.2, 0) is 9.59 Å². The summed E-state index contributed by atoms with van der Waals surface area (Å²) in [6.07, 6.45) is 2.11. The molecule has 0 fully saturated rings. The van der Waals surface area contributed by atoms with Gasteiger partial charge >= 0.3 is 18.0 Å². The molecule has 96 valence electrons. The van der Waals surface area contributed by atoms with E-state index in [2.05, 4.69) is 11.9 Å². The Kier molecular flexibility index (Phi) is 6.39. The molecule has 0 bridgehead atoms. The van der Waals surface area contributed by atoms with Crippen molar-refractivity contribution in [3.8, 4) is 0 Å². The molecule has 0 aliphatic rings. The van der Waals surface area contributed by atoms with Gasteiger partial charge in [-0.3, -0.25) is 9.59 Å². The normalized spacial score (nSPS) is 11.4. The number of nitrogens with one attached hydrogen (secondary N) is 1. The predicted molar refractivity (Wildman–Crippen MR) is 59.7 cm³/mol. The van der Waals surface area contributed by atoms with Gasteiger partial charge in [0.2, 0.25) is 0 Å². The summed E-state index contributed by atoms with van der Waals surface area (Å²) in [7, 11) is 0. The number of urea groups is 1. The summed E-state index contributed by atoms with van der Waals surface area (Å²) in [4.78, 5) is 33.2. The number of nitrogens with zero attached hydrogens (tertiary/aromatic N) is 1. The van der Waals surface area contributed by atoms with Crippen LogP contribution in [0.2, 0.25) is 0 Å². The summed E-state index contributed by atoms with van der Waals surface area (Å²) >= 11 is 0. The van der Waals surface area contributed by atoms with Gasteiger partial charge in [-0.1, -0.05) is 6.08 Å². The summed E-state index contributed by atoms with van der Waals surface area (Å²) < 4.78 is 0. The molecule has 0 spiro atoms. The first-order valence-electron chi connectivity index (χ1n) is 4.96. The highest BCUT2D eigenvalue weighted by molar-refractivity contribution is 5.84. The number of carboxylic acids is 2. The molecule has 0 radical (unpaired) electrons. The molecule has 0 aromatic heterocycles. The number of amides is 2. The summed E-state index contributed by atoms with van der Waals surface area (Å²) in [6, 6.07) is -0.950. The highest BCUT2D eigenvalue weighted by Gasteiger charge is 2.20. The molecule has 0 saturated carbocycles. The zero-order valence-electron chi connectivity index (χ0n) is 9.55. The molecule has 2 amide bonds. The van der Waals surface area contributed by atoms with Crippen molar-refractivity contribution in [3.63, 3.8) is 0 Å². The van der Waals surface area contributed by atoms with Crippen LogP contribution in [0.15, 0.2) is 12.7 Å². The van der Waals surface area contributed by atoms with E-state index in [0.717, 1.165) is 0 Å². The number of carbonyl (C=O) groups is 3. The van der Waals surface area contributed by atoms with Crippen molar-refractivity contribution in [1.29, 1.82) is 0 Å². The van der Waals surface area contributed by atoms with Crippen LogP contribution in [0.5, 0.6) is 0 Å². The molecule has 7 nitrogen and oxygen atoms in total. The molecule has 0 saturated heterocycles. The molecule has 1 atom stereocenters. The fourth-order valence-electron chi connectivity index (χ4n) is 1.14. The molecule has 0 aromatic carbocycles. The molecule has 0 heterocycles. The lowest BCUT2D eigenvalue weighted by Gasteiger charge is -2.21. The molecule has 7 heteroatoms. The quantitative estimate of drug-likeness (QED) is 0.552. The van der Waals surface area contributed by atoms with E-state index >= 15 is 0 Å². The third kappa shape index (κ3) is 6.93. The van der Waals surface area contributed by atoms with Gasteiger partial charge in [0.1, 0.15) is 13.1 Å². The number of carboxylic acid groups (broad SMARTS) is 2. The number of hydrogen-bond acceptors (Lipinski definition) is 3. The molecule has 0 aromatic rings. The van der Waals surface area contributed by atoms with Gasteiger partial charge in [0.25, 0.3) is 0 Å². The second-order valence-corrected chi connectivity index (χ2v) is 3.52. The minimum atomic E-state index is -1.27. The Morgan fingerprint density at radius 3 is 2.12 bits per heavy atom. The molecule has 17 heavy (non-hydrogen) atoms. The number of carbonyl (C=O) groups excluding carboxylic acids is 1. The van der Waals surface area contributed by atoms with Crippen LogP contribution in [0, 0.1) is 0 Å². The van der Waals surface area contributed by atoms with E-state index in [1.54, 1.807) is 13.0 Å². The SMILES string of the molecule is C=CCC(C)NC(=O)N(CC(=O)O)CC(=O)O. The maximum absolute atomic E-state index is 11.6. The van der Waals surface area contributed by atoms with Crippen molar-refractivity contribution in [2.24, 2.45) is 0 Å². The highest BCUT2D eigenvalue weighted by atomic mass is 16.4. The second kappa shape index (κ2) is 7.26. The summed E-state index contributed by atoms with van der Waals surface area (Å²) in [5.74, 6) is -2.53. The topological polar surface area (TPSA) is 107 Å². The van der Waals surface area contributed by atoms with Crippen LogP contribution < -0.4 is 5.32 Å². The summed E-state index contributed by atoms with van der Waals surface area (Å²) in [5, 5.41) is 19.6. The number of aliphatic carboxylic acids is 2. The van der Waals surface area contributed by atoms with Crippen LogP contribution in [-0.4, -0.2) is 52.2 Å². The van der Waals surface area contributed by atoms with Crippen molar-refractivity contribution >= 4 is 18.0 Å². The molecule has 3 N–H and O–H groups in total. The summed E-state index contributed by atoms with van der Waals surface area (Å²) in [6.45, 7) is 3.90. The first kappa shape index (κ1) is 14.9. The van der Waals surface area contributed by atoms with Crippen LogP contribution in [0.4, 0.5) is 4.79 Å². The van der Waals surface area contributed by atoms with Crippen LogP contribution in [0.25, 0.3) is 0 Å². The Hall–Kier alpha value is -2.05. The number of rotatable bonds is 7. The third-order valence-electron chi connectivity index (χ3n) is 1.83. The molecular formula is C10H16N2O5. The van der Waals surface area contributed by atoms with E-state index in [4.69, 9.17) is 10.2 Å². The van der Waals surface area contributed by atoms with Gasteiger partial charge in [0, 0.05) is 6.04 Å². The zero-order valence-corrected chi connectivity index (χ0v) is 9.55. The van der Waals surface area contributed by atoms with Crippen molar-refractivity contribution in [3.05, 3.63) is 12.7 Å². The second-order valence-electron chi connectivity index (χ2n) is 3.52. The van der Waals surface area contributed by atoms with Crippen LogP contribution >= 0.6 is 0 Å². The van der Waals surface area contributed by atoms with Gasteiger partial charge in [-0.25, -0.2) is 4.79 Å². The molecule has 1 unspecified atom stereocenters. The Bertz CT molecular complexity index is 300. The van der Waals surface area contributed by atoms with E-state index in [0.29, 0.717) is 11.3 Å². The maximum Gasteiger partial charge on any atom is 0.323 e. The standard InChI is InChI=1S/C10H16N2O5/c1-3-4-7(2)11-10(17)12(5-8(13)14)6-9(15)16/h3,7H,1,4-6H2,2H3,(H,11,17)(H,13,14)(H,15,16).